The quantitative estimate of drug-likeness (QED) is 0.883. The predicted molar refractivity (Wildman–Crippen MR) is 81.2 cm³/mol. The van der Waals surface area contributed by atoms with E-state index in [4.69, 9.17) is 15.2 Å². The molecule has 0 saturated heterocycles. The number of rotatable bonds is 6. The third-order valence-electron chi connectivity index (χ3n) is 3.28. The largest absolute Gasteiger partial charge is 0.496 e. The van der Waals surface area contributed by atoms with Gasteiger partial charge in [0.1, 0.15) is 17.3 Å². The van der Waals surface area contributed by atoms with Crippen LogP contribution in [0.4, 0.5) is 4.39 Å². The summed E-state index contributed by atoms with van der Waals surface area (Å²) in [6.45, 7) is 2.47. The van der Waals surface area contributed by atoms with Gasteiger partial charge in [-0.05, 0) is 42.8 Å². The van der Waals surface area contributed by atoms with Crippen LogP contribution in [-0.2, 0) is 0 Å². The van der Waals surface area contributed by atoms with Crippen molar-refractivity contribution in [1.82, 2.24) is 0 Å². The highest BCUT2D eigenvalue weighted by atomic mass is 19.1. The fraction of sp³-hybridized carbons (Fsp3) is 0.294. The summed E-state index contributed by atoms with van der Waals surface area (Å²) in [5.41, 5.74) is 7.91. The Hall–Kier alpha value is -2.07. The highest BCUT2D eigenvalue weighted by molar-refractivity contribution is 5.36. The molecule has 0 aliphatic heterocycles. The molecule has 0 spiro atoms. The second-order valence-electron chi connectivity index (χ2n) is 4.95. The Morgan fingerprint density at radius 3 is 2.71 bits per heavy atom. The lowest BCUT2D eigenvalue weighted by atomic mass is 10.0. The molecule has 0 bridgehead atoms. The Morgan fingerprint density at radius 1 is 1.19 bits per heavy atom. The SMILES string of the molecule is COc1ccc(F)cc1C(N)CCOc1cccc(C)c1. The van der Waals surface area contributed by atoms with Crippen LogP contribution >= 0.6 is 0 Å². The number of benzene rings is 2. The number of halogens is 1. The van der Waals surface area contributed by atoms with Crippen LogP contribution in [0.3, 0.4) is 0 Å². The van der Waals surface area contributed by atoms with Crippen molar-refractivity contribution < 1.29 is 13.9 Å². The van der Waals surface area contributed by atoms with E-state index in [1.54, 1.807) is 13.2 Å². The summed E-state index contributed by atoms with van der Waals surface area (Å²) in [6, 6.07) is 11.9. The fourth-order valence-corrected chi connectivity index (χ4v) is 2.16. The molecule has 1 unspecified atom stereocenters. The average molecular weight is 289 g/mol. The molecule has 0 aliphatic carbocycles. The third kappa shape index (κ3) is 4.20. The van der Waals surface area contributed by atoms with E-state index in [2.05, 4.69) is 0 Å². The lowest BCUT2D eigenvalue weighted by molar-refractivity contribution is 0.296. The van der Waals surface area contributed by atoms with Crippen LogP contribution in [-0.4, -0.2) is 13.7 Å². The average Bonchev–Trinajstić information content (AvgIpc) is 2.47. The number of hydrogen-bond donors (Lipinski definition) is 1. The van der Waals surface area contributed by atoms with Crippen molar-refractivity contribution in [3.05, 3.63) is 59.4 Å². The van der Waals surface area contributed by atoms with Crippen molar-refractivity contribution in [1.29, 1.82) is 0 Å². The number of nitrogens with two attached hydrogens (primary N) is 1. The molecule has 2 N–H and O–H groups in total. The van der Waals surface area contributed by atoms with Gasteiger partial charge in [0.2, 0.25) is 0 Å². The highest BCUT2D eigenvalue weighted by Gasteiger charge is 2.13. The second-order valence-corrected chi connectivity index (χ2v) is 4.95. The van der Waals surface area contributed by atoms with Crippen molar-refractivity contribution in [2.75, 3.05) is 13.7 Å². The molecule has 112 valence electrons. The van der Waals surface area contributed by atoms with Crippen LogP contribution in [0.25, 0.3) is 0 Å². The Bertz CT molecular complexity index is 601. The summed E-state index contributed by atoms with van der Waals surface area (Å²) in [7, 11) is 1.55. The molecular formula is C17H20FNO2. The van der Waals surface area contributed by atoms with Gasteiger partial charge >= 0.3 is 0 Å². The van der Waals surface area contributed by atoms with E-state index in [0.717, 1.165) is 11.3 Å². The molecule has 0 heterocycles. The lowest BCUT2D eigenvalue weighted by Crippen LogP contribution is -2.15. The summed E-state index contributed by atoms with van der Waals surface area (Å²) >= 11 is 0. The van der Waals surface area contributed by atoms with Crippen LogP contribution in [0.15, 0.2) is 42.5 Å². The Labute approximate surface area is 124 Å². The number of hydrogen-bond acceptors (Lipinski definition) is 3. The van der Waals surface area contributed by atoms with Gasteiger partial charge < -0.3 is 15.2 Å². The van der Waals surface area contributed by atoms with Gasteiger partial charge in [0, 0.05) is 18.0 Å². The van der Waals surface area contributed by atoms with Crippen LogP contribution in [0.1, 0.15) is 23.6 Å². The zero-order valence-corrected chi connectivity index (χ0v) is 12.3. The van der Waals surface area contributed by atoms with E-state index in [0.29, 0.717) is 24.3 Å². The molecule has 2 aromatic rings. The number of ether oxygens (including phenoxy) is 2. The topological polar surface area (TPSA) is 44.5 Å². The van der Waals surface area contributed by atoms with Crippen LogP contribution in [0.5, 0.6) is 11.5 Å². The monoisotopic (exact) mass is 289 g/mol. The molecule has 0 saturated carbocycles. The summed E-state index contributed by atoms with van der Waals surface area (Å²) in [4.78, 5) is 0. The van der Waals surface area contributed by atoms with Gasteiger partial charge in [-0.15, -0.1) is 0 Å². The molecule has 2 rings (SSSR count). The fourth-order valence-electron chi connectivity index (χ4n) is 2.16. The first kappa shape index (κ1) is 15.3. The highest BCUT2D eigenvalue weighted by Crippen LogP contribution is 2.26. The van der Waals surface area contributed by atoms with Gasteiger partial charge in [-0.3, -0.25) is 0 Å². The maximum Gasteiger partial charge on any atom is 0.123 e. The molecule has 0 radical (unpaired) electrons. The van der Waals surface area contributed by atoms with E-state index in [9.17, 15) is 4.39 Å². The van der Waals surface area contributed by atoms with Gasteiger partial charge in [0.25, 0.3) is 0 Å². The molecule has 0 aromatic heterocycles. The number of aryl methyl sites for hydroxylation is 1. The van der Waals surface area contributed by atoms with E-state index in [1.165, 1.54) is 12.1 Å². The Kier molecular flexibility index (Phi) is 5.17. The molecule has 4 heteroatoms. The van der Waals surface area contributed by atoms with Crippen molar-refractivity contribution in [2.45, 2.75) is 19.4 Å². The minimum Gasteiger partial charge on any atom is -0.496 e. The second kappa shape index (κ2) is 7.09. The standard InChI is InChI=1S/C17H20FNO2/c1-12-4-3-5-14(10-12)21-9-8-16(19)15-11-13(18)6-7-17(15)20-2/h3-7,10-11,16H,8-9,19H2,1-2H3. The first-order valence-electron chi connectivity index (χ1n) is 6.88. The van der Waals surface area contributed by atoms with Gasteiger partial charge in [0.05, 0.1) is 13.7 Å². The van der Waals surface area contributed by atoms with E-state index in [1.807, 2.05) is 31.2 Å². The Balaban J connectivity index is 1.95. The molecule has 0 aliphatic rings. The molecule has 2 aromatic carbocycles. The van der Waals surface area contributed by atoms with Crippen LogP contribution in [0.2, 0.25) is 0 Å². The van der Waals surface area contributed by atoms with Gasteiger partial charge in [-0.2, -0.15) is 0 Å². The lowest BCUT2D eigenvalue weighted by Gasteiger charge is -2.16. The normalized spacial score (nSPS) is 12.0. The van der Waals surface area contributed by atoms with Gasteiger partial charge in [-0.1, -0.05) is 12.1 Å². The first-order valence-corrected chi connectivity index (χ1v) is 6.88. The van der Waals surface area contributed by atoms with Crippen molar-refractivity contribution in [3.63, 3.8) is 0 Å². The van der Waals surface area contributed by atoms with Gasteiger partial charge in [-0.25, -0.2) is 4.39 Å². The minimum atomic E-state index is -0.333. The minimum absolute atomic E-state index is 0.319. The van der Waals surface area contributed by atoms with E-state index in [-0.39, 0.29) is 11.9 Å². The zero-order chi connectivity index (χ0) is 15.2. The smallest absolute Gasteiger partial charge is 0.123 e. The molecule has 0 amide bonds. The van der Waals surface area contributed by atoms with Crippen LogP contribution in [0, 0.1) is 12.7 Å². The molecule has 0 fully saturated rings. The van der Waals surface area contributed by atoms with Crippen molar-refractivity contribution >= 4 is 0 Å². The predicted octanol–water partition coefficient (Wildman–Crippen LogP) is 3.61. The summed E-state index contributed by atoms with van der Waals surface area (Å²) < 4.78 is 24.2. The van der Waals surface area contributed by atoms with Gasteiger partial charge in [0.15, 0.2) is 0 Å². The maximum atomic E-state index is 13.3. The number of methoxy groups -OCH3 is 1. The summed E-state index contributed by atoms with van der Waals surface area (Å²) in [6.07, 6.45) is 0.577. The van der Waals surface area contributed by atoms with E-state index >= 15 is 0 Å². The third-order valence-corrected chi connectivity index (χ3v) is 3.28. The first-order chi connectivity index (χ1) is 10.1. The molecule has 21 heavy (non-hydrogen) atoms. The van der Waals surface area contributed by atoms with Crippen LogP contribution < -0.4 is 15.2 Å². The maximum absolute atomic E-state index is 13.3. The molecule has 3 nitrogen and oxygen atoms in total. The summed E-state index contributed by atoms with van der Waals surface area (Å²) in [5, 5.41) is 0. The van der Waals surface area contributed by atoms with Crippen molar-refractivity contribution in [3.8, 4) is 11.5 Å². The molecule has 1 atom stereocenters. The van der Waals surface area contributed by atoms with E-state index < -0.39 is 0 Å². The molecular weight excluding hydrogens is 269 g/mol. The zero-order valence-electron chi connectivity index (χ0n) is 12.3. The van der Waals surface area contributed by atoms with Crippen molar-refractivity contribution in [2.24, 2.45) is 5.73 Å². The summed E-state index contributed by atoms with van der Waals surface area (Å²) in [5.74, 6) is 1.09. The Morgan fingerprint density at radius 2 is 2.00 bits per heavy atom.